The molecular weight excluding hydrogens is 897 g/mol. The van der Waals surface area contributed by atoms with Gasteiger partial charge in [0, 0.05) is 33.4 Å². The minimum absolute atomic E-state index is 0.695. The number of hydrogen-bond donors (Lipinski definition) is 0. The van der Waals surface area contributed by atoms with Crippen molar-refractivity contribution >= 4 is 21.5 Å². The van der Waals surface area contributed by atoms with Crippen molar-refractivity contribution in [3.63, 3.8) is 0 Å². The monoisotopic (exact) mass is 942 g/mol. The van der Waals surface area contributed by atoms with Crippen LogP contribution in [0.3, 0.4) is 0 Å². The Labute approximate surface area is 430 Å². The van der Waals surface area contributed by atoms with E-state index >= 15 is 0 Å². The average Bonchev–Trinajstić information content (AvgIpc) is 3.49. The molecule has 4 heteroatoms. The van der Waals surface area contributed by atoms with Gasteiger partial charge >= 0.3 is 0 Å². The molecule has 0 unspecified atom stereocenters. The summed E-state index contributed by atoms with van der Waals surface area (Å²) in [5.41, 5.74) is 18.9. The van der Waals surface area contributed by atoms with Gasteiger partial charge in [-0.1, -0.05) is 261 Å². The molecule has 0 aliphatic carbocycles. The van der Waals surface area contributed by atoms with Gasteiger partial charge in [-0.15, -0.1) is 0 Å². The molecule has 2 heterocycles. The quantitative estimate of drug-likeness (QED) is 0.128. The molecule has 0 saturated heterocycles. The Kier molecular flexibility index (Phi) is 11.5. The highest BCUT2D eigenvalue weighted by Crippen LogP contribution is 2.46. The van der Waals surface area contributed by atoms with Crippen LogP contribution in [-0.2, 0) is 0 Å². The molecule has 4 nitrogen and oxygen atoms in total. The minimum Gasteiger partial charge on any atom is -0.228 e. The fraction of sp³-hybridized carbons (Fsp3) is 0. The van der Waals surface area contributed by atoms with Crippen molar-refractivity contribution in [2.45, 2.75) is 0 Å². The number of rotatable bonds is 10. The van der Waals surface area contributed by atoms with E-state index in [1.807, 2.05) is 48.5 Å². The van der Waals surface area contributed by atoms with Crippen LogP contribution in [0.2, 0.25) is 0 Å². The number of hydrogen-bond acceptors (Lipinski definition) is 4. The molecule has 0 saturated carbocycles. The third kappa shape index (κ3) is 8.51. The van der Waals surface area contributed by atoms with E-state index < -0.39 is 0 Å². The molecule has 74 heavy (non-hydrogen) atoms. The summed E-state index contributed by atoms with van der Waals surface area (Å²) in [6, 6.07) is 98.5. The van der Waals surface area contributed by atoms with E-state index in [0.717, 1.165) is 72.8 Å². The smallest absolute Gasteiger partial charge is 0.160 e. The van der Waals surface area contributed by atoms with Gasteiger partial charge in [0.25, 0.3) is 0 Å². The van der Waals surface area contributed by atoms with Crippen LogP contribution in [0, 0.1) is 0 Å². The Bertz CT molecular complexity index is 4010. The number of aromatic nitrogens is 4. The van der Waals surface area contributed by atoms with Gasteiger partial charge in [-0.05, 0) is 84.3 Å². The maximum atomic E-state index is 5.17. The second-order valence-corrected chi connectivity index (χ2v) is 18.5. The highest BCUT2D eigenvalue weighted by molar-refractivity contribution is 6.22. The van der Waals surface area contributed by atoms with Gasteiger partial charge in [0.15, 0.2) is 11.6 Å². The van der Waals surface area contributed by atoms with Gasteiger partial charge in [0.2, 0.25) is 0 Å². The molecule has 346 valence electrons. The first-order chi connectivity index (χ1) is 36.7. The van der Waals surface area contributed by atoms with Crippen molar-refractivity contribution in [3.8, 4) is 112 Å². The van der Waals surface area contributed by atoms with Crippen LogP contribution in [0.1, 0.15) is 0 Å². The molecule has 0 N–H and O–H groups in total. The van der Waals surface area contributed by atoms with Crippen LogP contribution in [0.15, 0.2) is 279 Å². The molecule has 0 atom stereocenters. The first-order valence-electron chi connectivity index (χ1n) is 25.0. The van der Waals surface area contributed by atoms with Crippen LogP contribution in [0.4, 0.5) is 0 Å². The Balaban J connectivity index is 0.978. The zero-order valence-corrected chi connectivity index (χ0v) is 40.3. The summed E-state index contributed by atoms with van der Waals surface area (Å²) in [7, 11) is 0. The number of fused-ring (bicyclic) bond motifs is 2. The minimum atomic E-state index is 0.695. The Morgan fingerprint density at radius 3 is 0.878 bits per heavy atom. The second-order valence-electron chi connectivity index (χ2n) is 18.5. The normalized spacial score (nSPS) is 11.2. The molecule has 2 aromatic heterocycles. The van der Waals surface area contributed by atoms with E-state index in [4.69, 9.17) is 19.9 Å². The molecule has 0 amide bonds. The maximum Gasteiger partial charge on any atom is 0.160 e. The van der Waals surface area contributed by atoms with E-state index in [1.165, 1.54) is 49.4 Å². The molecule has 13 rings (SSSR count). The van der Waals surface area contributed by atoms with Gasteiger partial charge < -0.3 is 0 Å². The van der Waals surface area contributed by atoms with Crippen LogP contribution in [0.25, 0.3) is 134 Å². The summed E-state index contributed by atoms with van der Waals surface area (Å²) >= 11 is 0. The Hall–Kier alpha value is -9.90. The van der Waals surface area contributed by atoms with Gasteiger partial charge in [0.1, 0.15) is 0 Å². The van der Waals surface area contributed by atoms with Crippen LogP contribution >= 0.6 is 0 Å². The lowest BCUT2D eigenvalue weighted by Gasteiger charge is -2.20. The number of benzene rings is 11. The average molecular weight is 943 g/mol. The van der Waals surface area contributed by atoms with Crippen LogP contribution in [0.5, 0.6) is 0 Å². The van der Waals surface area contributed by atoms with Crippen molar-refractivity contribution in [1.82, 2.24) is 19.9 Å². The SMILES string of the molecule is c1ccc(-c2cc(-c3ccc(-c4c5ccccc5c(-c5ccc(-c6cc(-c7ccccc7)nc(-c7ccccc7)n6)cc5)c5cc(-c6ccccc6-c6ccccc6)ccc45)cc3)nc(-c3ccccc3)n2)cc1. The lowest BCUT2D eigenvalue weighted by molar-refractivity contribution is 1.18. The first-order valence-corrected chi connectivity index (χ1v) is 25.0. The van der Waals surface area contributed by atoms with Gasteiger partial charge in [-0.25, -0.2) is 19.9 Å². The summed E-state index contributed by atoms with van der Waals surface area (Å²) < 4.78 is 0. The van der Waals surface area contributed by atoms with Crippen LogP contribution in [-0.4, -0.2) is 19.9 Å². The van der Waals surface area contributed by atoms with E-state index in [2.05, 4.69) is 231 Å². The fourth-order valence-corrected chi connectivity index (χ4v) is 10.3. The molecule has 11 aromatic carbocycles. The highest BCUT2D eigenvalue weighted by Gasteiger charge is 2.20. The second kappa shape index (κ2) is 19.4. The van der Waals surface area contributed by atoms with E-state index in [0.29, 0.717) is 11.6 Å². The summed E-state index contributed by atoms with van der Waals surface area (Å²) in [4.78, 5) is 20.4. The molecule has 0 aliphatic rings. The lowest BCUT2D eigenvalue weighted by atomic mass is 9.84. The van der Waals surface area contributed by atoms with Crippen molar-refractivity contribution < 1.29 is 0 Å². The van der Waals surface area contributed by atoms with Crippen molar-refractivity contribution in [2.24, 2.45) is 0 Å². The zero-order valence-electron chi connectivity index (χ0n) is 40.3. The molecular formula is C70H46N4. The van der Waals surface area contributed by atoms with E-state index in [1.54, 1.807) is 0 Å². The summed E-state index contributed by atoms with van der Waals surface area (Å²) in [6.07, 6.45) is 0. The Morgan fingerprint density at radius 2 is 0.459 bits per heavy atom. The molecule has 0 radical (unpaired) electrons. The molecule has 0 fully saturated rings. The maximum absolute atomic E-state index is 5.17. The fourth-order valence-electron chi connectivity index (χ4n) is 10.3. The third-order valence-electron chi connectivity index (χ3n) is 13.9. The van der Waals surface area contributed by atoms with Crippen molar-refractivity contribution in [2.75, 3.05) is 0 Å². The standard InChI is InChI=1S/C70H46N4/c1-6-20-47(21-7-1)57-30-16-17-31-58(57)56-42-43-61-62(44-56)68(53-40-36-51(37-41-53)66-46-64(49-24-10-3-11-25-49)72-70(74-66)55-28-14-5-15-29-55)60-33-19-18-32-59(60)67(61)52-38-34-50(35-39-52)65-45-63(48-22-8-2-9-23-48)71-69(73-65)54-26-12-4-13-27-54/h1-46H. The summed E-state index contributed by atoms with van der Waals surface area (Å²) in [5.74, 6) is 1.39. The van der Waals surface area contributed by atoms with Gasteiger partial charge in [0.05, 0.1) is 22.8 Å². The lowest BCUT2D eigenvalue weighted by Crippen LogP contribution is -1.96. The van der Waals surface area contributed by atoms with Crippen LogP contribution < -0.4 is 0 Å². The molecule has 0 aliphatic heterocycles. The summed E-state index contributed by atoms with van der Waals surface area (Å²) in [5, 5.41) is 4.70. The number of nitrogens with zero attached hydrogens (tertiary/aromatic N) is 4. The van der Waals surface area contributed by atoms with Crippen molar-refractivity contribution in [1.29, 1.82) is 0 Å². The third-order valence-corrected chi connectivity index (χ3v) is 13.9. The van der Waals surface area contributed by atoms with E-state index in [-0.39, 0.29) is 0 Å². The molecule has 0 spiro atoms. The predicted octanol–water partition coefficient (Wildman–Crippen LogP) is 18.2. The molecule has 13 aromatic rings. The topological polar surface area (TPSA) is 51.6 Å². The van der Waals surface area contributed by atoms with E-state index in [9.17, 15) is 0 Å². The van der Waals surface area contributed by atoms with Gasteiger partial charge in [-0.3, -0.25) is 0 Å². The Morgan fingerprint density at radius 1 is 0.176 bits per heavy atom. The highest BCUT2D eigenvalue weighted by atomic mass is 14.9. The zero-order chi connectivity index (χ0) is 49.2. The predicted molar refractivity (Wildman–Crippen MR) is 307 cm³/mol. The van der Waals surface area contributed by atoms with Crippen molar-refractivity contribution in [3.05, 3.63) is 279 Å². The largest absolute Gasteiger partial charge is 0.228 e. The first kappa shape index (κ1) is 44.1. The summed E-state index contributed by atoms with van der Waals surface area (Å²) in [6.45, 7) is 0. The van der Waals surface area contributed by atoms with Gasteiger partial charge in [-0.2, -0.15) is 0 Å². The molecule has 0 bridgehead atoms.